The van der Waals surface area contributed by atoms with Crippen molar-refractivity contribution in [3.63, 3.8) is 0 Å². The third kappa shape index (κ3) is 20.1. The summed E-state index contributed by atoms with van der Waals surface area (Å²) in [6, 6.07) is -1.57. The quantitative estimate of drug-likeness (QED) is 0.147. The first-order valence-corrected chi connectivity index (χ1v) is 7.69. The molecule has 160 valence electrons. The number of hydrogen-bond acceptors (Lipinski definition) is 9. The Bertz CT molecular complexity index is 516. The minimum Gasteiger partial charge on any atom is -0.549 e. The summed E-state index contributed by atoms with van der Waals surface area (Å²) >= 11 is 0. The van der Waals surface area contributed by atoms with Crippen LogP contribution in [0.25, 0.3) is 0 Å². The predicted octanol–water partition coefficient (Wildman–Crippen LogP) is -3.42. The van der Waals surface area contributed by atoms with Gasteiger partial charge in [-0.2, -0.15) is 0 Å². The van der Waals surface area contributed by atoms with E-state index in [0.29, 0.717) is 13.0 Å². The van der Waals surface area contributed by atoms with Gasteiger partial charge < -0.3 is 48.0 Å². The third-order valence-electron chi connectivity index (χ3n) is 2.76. The van der Waals surface area contributed by atoms with Crippen molar-refractivity contribution in [2.24, 2.45) is 22.9 Å². The molecule has 2 atom stereocenters. The molecule has 0 fully saturated rings. The molecule has 0 saturated heterocycles. The largest absolute Gasteiger partial charge is 1.00 e. The first-order chi connectivity index (χ1) is 12.1. The Morgan fingerprint density at radius 3 is 1.96 bits per heavy atom. The first kappa shape index (κ1) is 29.7. The van der Waals surface area contributed by atoms with E-state index in [1.54, 1.807) is 6.20 Å². The number of rotatable bonds is 9. The van der Waals surface area contributed by atoms with Gasteiger partial charge in [0.05, 0.1) is 12.3 Å². The van der Waals surface area contributed by atoms with E-state index in [1.807, 2.05) is 0 Å². The van der Waals surface area contributed by atoms with E-state index < -0.39 is 30.0 Å². The average Bonchev–Trinajstić information content (AvgIpc) is 3.08. The molecule has 0 saturated carbocycles. The van der Waals surface area contributed by atoms with Gasteiger partial charge in [0, 0.05) is 24.9 Å². The number of imidazole rings is 1. The molecule has 1 aromatic rings. The molecule has 1 aromatic heterocycles. The number of hydrogen-bond donors (Lipinski definition) is 7. The van der Waals surface area contributed by atoms with Gasteiger partial charge in [-0.25, -0.2) is 4.98 Å². The summed E-state index contributed by atoms with van der Waals surface area (Å²) in [7, 11) is 0. The van der Waals surface area contributed by atoms with Crippen LogP contribution in [-0.4, -0.2) is 63.3 Å². The van der Waals surface area contributed by atoms with E-state index >= 15 is 0 Å². The summed E-state index contributed by atoms with van der Waals surface area (Å²) in [6.07, 6.45) is 5.50. The van der Waals surface area contributed by atoms with Gasteiger partial charge >= 0.3 is 29.0 Å². The normalized spacial score (nSPS) is 11.4. The number of aromatic nitrogens is 2. The van der Waals surface area contributed by atoms with Crippen LogP contribution >= 0.6 is 0 Å². The molecule has 0 bridgehead atoms. The van der Waals surface area contributed by atoms with Gasteiger partial charge in [0.1, 0.15) is 12.1 Å². The van der Waals surface area contributed by atoms with Crippen molar-refractivity contribution in [3.8, 4) is 0 Å². The molecule has 1 heterocycles. The van der Waals surface area contributed by atoms with E-state index in [0.717, 1.165) is 18.5 Å². The number of carboxylic acid groups (broad SMARTS) is 3. The molecule has 0 radical (unpaired) electrons. The molecule has 0 spiro atoms. The van der Waals surface area contributed by atoms with Crippen LogP contribution in [0.3, 0.4) is 0 Å². The van der Waals surface area contributed by atoms with Crippen LogP contribution in [0.4, 0.5) is 0 Å². The Morgan fingerprint density at radius 2 is 1.63 bits per heavy atom. The van der Waals surface area contributed by atoms with Gasteiger partial charge in [0.2, 0.25) is 0 Å². The Balaban J connectivity index is -0.000000336. The second-order valence-corrected chi connectivity index (χ2v) is 5.03. The Labute approximate surface area is 167 Å². The molecule has 0 amide bonds. The van der Waals surface area contributed by atoms with Crippen LogP contribution in [-0.2, 0) is 37.9 Å². The number of H-pyrrole nitrogens is 1. The minimum absolute atomic E-state index is 0. The topological polar surface area (TPSA) is 247 Å². The second kappa shape index (κ2) is 18.8. The van der Waals surface area contributed by atoms with Gasteiger partial charge in [-0.3, -0.25) is 9.59 Å². The Morgan fingerprint density at radius 1 is 1.11 bits per heavy atom. The van der Waals surface area contributed by atoms with Gasteiger partial charge in [-0.1, -0.05) is 6.42 Å². The number of carbonyl (C=O) groups is 3. The van der Waals surface area contributed by atoms with Gasteiger partial charge in [0.15, 0.2) is 0 Å². The van der Waals surface area contributed by atoms with E-state index in [2.05, 4.69) is 15.7 Å². The number of unbranched alkanes of at least 4 members (excludes halogenated alkanes) is 1. The van der Waals surface area contributed by atoms with Crippen LogP contribution in [0.5, 0.6) is 0 Å². The smallest absolute Gasteiger partial charge is 0.549 e. The predicted molar refractivity (Wildman–Crippen MR) is 90.5 cm³/mol. The average molecular weight is 439 g/mol. The molecular weight excluding hydrogens is 412 g/mol. The molecule has 0 unspecified atom stereocenters. The number of nitrogens with one attached hydrogen (secondary N) is 1. The van der Waals surface area contributed by atoms with E-state index in [4.69, 9.17) is 37.3 Å². The maximum Gasteiger partial charge on any atom is 1.00 e. The number of carbonyl (C=O) groups excluding carboxylic acids is 1. The molecule has 12 nitrogen and oxygen atoms in total. The summed E-state index contributed by atoms with van der Waals surface area (Å²) in [5.41, 5.74) is 20.9. The zero-order valence-electron chi connectivity index (χ0n) is 14.6. The zero-order chi connectivity index (χ0) is 20.5. The van der Waals surface area contributed by atoms with Gasteiger partial charge in [-0.15, -0.1) is 0 Å². The number of nitrogens with two attached hydrogens (primary N) is 4. The fourth-order valence-electron chi connectivity index (χ4n) is 1.35. The van der Waals surface area contributed by atoms with Crippen LogP contribution in [0, 0.1) is 0 Å². The van der Waals surface area contributed by atoms with Crippen molar-refractivity contribution in [2.45, 2.75) is 37.8 Å². The number of aliphatic carboxylic acids is 3. The maximum atomic E-state index is 10.3. The van der Waals surface area contributed by atoms with Crippen LogP contribution < -0.4 is 28.0 Å². The molecule has 27 heavy (non-hydrogen) atoms. The van der Waals surface area contributed by atoms with Crippen molar-refractivity contribution >= 4 is 17.9 Å². The molecule has 0 aliphatic carbocycles. The molecule has 0 aliphatic rings. The molecule has 11 N–H and O–H groups in total. The number of carboxylic acids is 3. The summed E-state index contributed by atoms with van der Waals surface area (Å²) in [5, 5.41) is 25.9. The second-order valence-electron chi connectivity index (χ2n) is 5.03. The van der Waals surface area contributed by atoms with E-state index in [9.17, 15) is 9.59 Å². The van der Waals surface area contributed by atoms with Crippen LogP contribution in [0.2, 0.25) is 0 Å². The fraction of sp³-hybridized carbons (Fsp3) is 0.571. The van der Waals surface area contributed by atoms with Crippen LogP contribution in [0.1, 0.15) is 25.0 Å². The van der Waals surface area contributed by atoms with E-state index in [1.165, 1.54) is 6.33 Å². The summed E-state index contributed by atoms with van der Waals surface area (Å²) in [5.74, 6) is -3.15. The van der Waals surface area contributed by atoms with Crippen molar-refractivity contribution in [3.05, 3.63) is 18.2 Å². The van der Waals surface area contributed by atoms with E-state index in [-0.39, 0.29) is 30.0 Å². The zero-order valence-corrected chi connectivity index (χ0v) is 15.6. The number of nitrogens with zero attached hydrogens (tertiary/aromatic N) is 1. The molecular formula is C14H27CuN6O6. The Hall–Kier alpha value is -2.02. The maximum absolute atomic E-state index is 10.3. The fourth-order valence-corrected chi connectivity index (χ4v) is 1.35. The van der Waals surface area contributed by atoms with Crippen molar-refractivity contribution in [1.82, 2.24) is 9.97 Å². The van der Waals surface area contributed by atoms with Gasteiger partial charge in [0.25, 0.3) is 0 Å². The minimum atomic E-state index is -1.22. The summed E-state index contributed by atoms with van der Waals surface area (Å²) < 4.78 is 0. The SMILES string of the molecule is NCC(=O)[O-].NCCCC[C@H](N)C(=O)O.N[C@@H](Cc1cnc[nH]1)C(=O)O.[Cu+]. The third-order valence-corrected chi connectivity index (χ3v) is 2.76. The summed E-state index contributed by atoms with van der Waals surface area (Å²) in [4.78, 5) is 36.0. The molecule has 1 rings (SSSR count). The van der Waals surface area contributed by atoms with Gasteiger partial charge in [-0.05, 0) is 19.4 Å². The van der Waals surface area contributed by atoms with Crippen molar-refractivity contribution < 1.29 is 46.8 Å². The van der Waals surface area contributed by atoms with Crippen molar-refractivity contribution in [2.75, 3.05) is 13.1 Å². The summed E-state index contributed by atoms with van der Waals surface area (Å²) in [6.45, 7) is 0.215. The van der Waals surface area contributed by atoms with Crippen LogP contribution in [0.15, 0.2) is 12.5 Å². The first-order valence-electron chi connectivity index (χ1n) is 7.69. The Kier molecular flexibility index (Phi) is 20.7. The standard InChI is InChI=1S/C6H9N3O2.C6H14N2O2.C2H5NO2.Cu/c7-5(6(10)11)1-4-2-8-3-9-4;7-4-2-1-3-5(8)6(9)10;3-1-2(4)5;/h2-3,5H,1,7H2,(H,8,9)(H,10,11);5H,1-4,7-8H2,(H,9,10);1,3H2,(H,4,5);/q;;;+1/p-1/t2*5-;;/m00../s1. The van der Waals surface area contributed by atoms with Crippen molar-refractivity contribution in [1.29, 1.82) is 0 Å². The molecule has 0 aromatic carbocycles. The molecule has 13 heteroatoms. The number of aromatic amines is 1. The molecule has 0 aliphatic heterocycles. The monoisotopic (exact) mass is 438 g/mol.